The van der Waals surface area contributed by atoms with E-state index in [4.69, 9.17) is 4.74 Å². The van der Waals surface area contributed by atoms with Gasteiger partial charge in [0.25, 0.3) is 0 Å². The van der Waals surface area contributed by atoms with E-state index in [2.05, 4.69) is 11.9 Å². The monoisotopic (exact) mass is 302 g/mol. The molecule has 0 spiro atoms. The molecule has 5 heteroatoms. The van der Waals surface area contributed by atoms with Crippen LogP contribution in [0.2, 0.25) is 0 Å². The van der Waals surface area contributed by atoms with Gasteiger partial charge in [0.05, 0.1) is 13.2 Å². The molecule has 1 atom stereocenters. The molecule has 0 radical (unpaired) electrons. The van der Waals surface area contributed by atoms with E-state index in [1.807, 2.05) is 13.2 Å². The van der Waals surface area contributed by atoms with E-state index in [1.165, 1.54) is 32.1 Å². The van der Waals surface area contributed by atoms with Crippen LogP contribution in [0.1, 0.15) is 58.3 Å². The summed E-state index contributed by atoms with van der Waals surface area (Å²) < 4.78 is 5.71. The summed E-state index contributed by atoms with van der Waals surface area (Å²) in [7, 11) is 1.95. The lowest BCUT2D eigenvalue weighted by molar-refractivity contribution is -0.778. The predicted molar refractivity (Wildman–Crippen MR) is 77.4 cm³/mol. The molecular weight excluding hydrogens is 276 g/mol. The normalized spacial score (nSPS) is 19.9. The maximum Gasteiger partial charge on any atom is 0.310 e. The number of rotatable bonds is 10. The molecule has 1 unspecified atom stereocenters. The molecule has 0 amide bonds. The maximum absolute atomic E-state index is 11.6. The van der Waals surface area contributed by atoms with Gasteiger partial charge >= 0.3 is 5.97 Å². The van der Waals surface area contributed by atoms with Crippen LogP contribution < -0.4 is 12.4 Å². The Bertz CT molecular complexity index is 318. The summed E-state index contributed by atoms with van der Waals surface area (Å²) in [6.45, 7) is 2.56. The molecule has 0 N–H and O–H groups in total. The van der Waals surface area contributed by atoms with Crippen LogP contribution >= 0.6 is 0 Å². The Morgan fingerprint density at radius 3 is 2.40 bits per heavy atom. The molecule has 0 aromatic rings. The number of unbranched alkanes of at least 4 members (excludes halogenated alkanes) is 6. The Labute approximate surface area is 128 Å². The lowest BCUT2D eigenvalue weighted by Gasteiger charge is -2.20. The third-order valence-corrected chi connectivity index (χ3v) is 3.31. The van der Waals surface area contributed by atoms with E-state index < -0.39 is 0 Å². The molecule has 0 saturated carbocycles. The minimum atomic E-state index is -0.0957. The smallest absolute Gasteiger partial charge is 0.310 e. The van der Waals surface area contributed by atoms with Gasteiger partial charge in [0.2, 0.25) is 6.73 Å². The van der Waals surface area contributed by atoms with Crippen LogP contribution in [0.25, 0.3) is 0 Å². The SMILES string of the molecule is CCCCCCCCCC(=O)OC[N+]1(C)C=CN=C1.[Cl-]. The minimum Gasteiger partial charge on any atom is -1.00 e. The Hall–Kier alpha value is -0.870. The molecular formula is C15H27ClN2O2. The van der Waals surface area contributed by atoms with E-state index in [-0.39, 0.29) is 18.4 Å². The second-order valence-corrected chi connectivity index (χ2v) is 5.43. The second kappa shape index (κ2) is 10.9. The summed E-state index contributed by atoms with van der Waals surface area (Å²) in [6.07, 6.45) is 14.5. The van der Waals surface area contributed by atoms with Crippen LogP contribution in [0.4, 0.5) is 0 Å². The maximum atomic E-state index is 11.6. The molecule has 116 valence electrons. The molecule has 0 bridgehead atoms. The fourth-order valence-corrected chi connectivity index (χ4v) is 2.01. The fraction of sp³-hybridized carbons (Fsp3) is 0.733. The third kappa shape index (κ3) is 8.33. The quantitative estimate of drug-likeness (QED) is 0.337. The van der Waals surface area contributed by atoms with Crippen LogP contribution in [-0.2, 0) is 9.53 Å². The zero-order valence-electron chi connectivity index (χ0n) is 12.7. The standard InChI is InChI=1S/C15H27N2O2.ClH/c1-3-4-5-6-7-8-9-10-15(18)19-14-17(2)12-11-16-13-17;/h11-13H,3-10,14H2,1-2H3;1H/q+1;/p-1. The van der Waals surface area contributed by atoms with E-state index in [0.29, 0.717) is 17.6 Å². The Kier molecular flexibility index (Phi) is 10.4. The van der Waals surface area contributed by atoms with Gasteiger partial charge in [-0.05, 0) is 6.42 Å². The molecule has 1 aliphatic heterocycles. The van der Waals surface area contributed by atoms with Crippen molar-refractivity contribution in [3.05, 3.63) is 12.4 Å². The van der Waals surface area contributed by atoms with Crippen LogP contribution in [0.5, 0.6) is 0 Å². The van der Waals surface area contributed by atoms with Gasteiger partial charge in [-0.15, -0.1) is 0 Å². The first-order valence-corrected chi connectivity index (χ1v) is 7.39. The average molecular weight is 303 g/mol. The van der Waals surface area contributed by atoms with Crippen molar-refractivity contribution in [3.8, 4) is 0 Å². The van der Waals surface area contributed by atoms with Crippen molar-refractivity contribution in [2.45, 2.75) is 58.3 Å². The number of ether oxygens (including phenoxy) is 1. The van der Waals surface area contributed by atoms with Crippen LogP contribution in [0.3, 0.4) is 0 Å². The molecule has 0 aromatic heterocycles. The lowest BCUT2D eigenvalue weighted by Crippen LogP contribution is -3.00. The molecule has 1 rings (SSSR count). The number of quaternary nitrogens is 1. The van der Waals surface area contributed by atoms with E-state index in [1.54, 1.807) is 12.5 Å². The number of aliphatic imine (C=N–C) groups is 1. The van der Waals surface area contributed by atoms with Gasteiger partial charge in [-0.25, -0.2) is 9.48 Å². The predicted octanol–water partition coefficient (Wildman–Crippen LogP) is 0.592. The average Bonchev–Trinajstić information content (AvgIpc) is 2.83. The first-order chi connectivity index (χ1) is 9.16. The highest BCUT2D eigenvalue weighted by atomic mass is 35.5. The summed E-state index contributed by atoms with van der Waals surface area (Å²) in [4.78, 5) is 15.6. The highest BCUT2D eigenvalue weighted by Crippen LogP contribution is 2.10. The largest absolute Gasteiger partial charge is 1.00 e. The number of nitrogens with zero attached hydrogens (tertiary/aromatic N) is 2. The van der Waals surface area contributed by atoms with E-state index >= 15 is 0 Å². The van der Waals surface area contributed by atoms with Crippen molar-refractivity contribution in [3.63, 3.8) is 0 Å². The Balaban J connectivity index is 0.00000361. The first kappa shape index (κ1) is 19.1. The van der Waals surface area contributed by atoms with Crippen LogP contribution in [-0.4, -0.2) is 30.6 Å². The van der Waals surface area contributed by atoms with Crippen molar-refractivity contribution in [2.75, 3.05) is 13.8 Å². The van der Waals surface area contributed by atoms with Crippen molar-refractivity contribution < 1.29 is 26.4 Å². The highest BCUT2D eigenvalue weighted by Gasteiger charge is 2.21. The fourth-order valence-electron chi connectivity index (χ4n) is 2.01. The second-order valence-electron chi connectivity index (χ2n) is 5.43. The summed E-state index contributed by atoms with van der Waals surface area (Å²) in [5.74, 6) is -0.0957. The van der Waals surface area contributed by atoms with Gasteiger partial charge in [0.1, 0.15) is 6.20 Å². The Morgan fingerprint density at radius 2 is 1.80 bits per heavy atom. The molecule has 4 nitrogen and oxygen atoms in total. The third-order valence-electron chi connectivity index (χ3n) is 3.31. The van der Waals surface area contributed by atoms with Gasteiger partial charge in [0.15, 0.2) is 6.34 Å². The number of carbonyl (C=O) groups excluding carboxylic acids is 1. The van der Waals surface area contributed by atoms with Crippen molar-refractivity contribution >= 4 is 12.3 Å². The number of esters is 1. The van der Waals surface area contributed by atoms with Gasteiger partial charge in [-0.2, -0.15) is 0 Å². The van der Waals surface area contributed by atoms with Crippen molar-refractivity contribution in [1.29, 1.82) is 0 Å². The number of halogens is 1. The topological polar surface area (TPSA) is 38.7 Å². The molecule has 1 heterocycles. The highest BCUT2D eigenvalue weighted by molar-refractivity contribution is 5.69. The molecule has 1 aliphatic rings. The minimum absolute atomic E-state index is 0. The Morgan fingerprint density at radius 1 is 1.15 bits per heavy atom. The van der Waals surface area contributed by atoms with E-state index in [9.17, 15) is 4.79 Å². The number of hydrogen-bond donors (Lipinski definition) is 0. The summed E-state index contributed by atoms with van der Waals surface area (Å²) >= 11 is 0. The van der Waals surface area contributed by atoms with Crippen molar-refractivity contribution in [1.82, 2.24) is 0 Å². The molecule has 0 aromatic carbocycles. The van der Waals surface area contributed by atoms with Gasteiger partial charge < -0.3 is 17.1 Å². The summed E-state index contributed by atoms with van der Waals surface area (Å²) in [5.41, 5.74) is 0. The molecule has 20 heavy (non-hydrogen) atoms. The van der Waals surface area contributed by atoms with Crippen LogP contribution in [0.15, 0.2) is 17.4 Å². The van der Waals surface area contributed by atoms with E-state index in [0.717, 1.165) is 12.8 Å². The number of hydrogen-bond acceptors (Lipinski definition) is 3. The lowest BCUT2D eigenvalue weighted by atomic mass is 10.1. The van der Waals surface area contributed by atoms with Gasteiger partial charge in [-0.1, -0.05) is 45.4 Å². The van der Waals surface area contributed by atoms with Gasteiger partial charge in [0, 0.05) is 6.42 Å². The molecule has 0 aliphatic carbocycles. The van der Waals surface area contributed by atoms with Crippen LogP contribution in [0, 0.1) is 0 Å². The molecule has 0 saturated heterocycles. The van der Waals surface area contributed by atoms with Gasteiger partial charge in [-0.3, -0.25) is 4.79 Å². The first-order valence-electron chi connectivity index (χ1n) is 7.39. The zero-order valence-corrected chi connectivity index (χ0v) is 13.4. The summed E-state index contributed by atoms with van der Waals surface area (Å²) in [5, 5.41) is 0. The van der Waals surface area contributed by atoms with Crippen molar-refractivity contribution in [2.24, 2.45) is 4.99 Å². The summed E-state index contributed by atoms with van der Waals surface area (Å²) in [6, 6.07) is 0. The number of carbonyl (C=O) groups is 1. The zero-order chi connectivity index (χ0) is 14.0. The molecule has 0 fully saturated rings.